The highest BCUT2D eigenvalue weighted by atomic mass is 32.2. The summed E-state index contributed by atoms with van der Waals surface area (Å²) in [6, 6.07) is 13.0. The van der Waals surface area contributed by atoms with E-state index in [0.29, 0.717) is 29.3 Å². The summed E-state index contributed by atoms with van der Waals surface area (Å²) < 4.78 is 32.0. The largest absolute Gasteiger partial charge is 0.476 e. The molecule has 0 aliphatic heterocycles. The first-order valence-electron chi connectivity index (χ1n) is 8.28. The van der Waals surface area contributed by atoms with Crippen molar-refractivity contribution in [3.8, 4) is 17.1 Å². The van der Waals surface area contributed by atoms with Gasteiger partial charge in [-0.05, 0) is 31.5 Å². The van der Waals surface area contributed by atoms with Gasteiger partial charge in [-0.2, -0.15) is 0 Å². The maximum Gasteiger partial charge on any atom is 0.242 e. The van der Waals surface area contributed by atoms with Crippen LogP contribution in [0.4, 0.5) is 0 Å². The number of rotatable bonds is 5. The van der Waals surface area contributed by atoms with E-state index in [1.807, 2.05) is 37.3 Å². The Morgan fingerprint density at radius 1 is 1.04 bits per heavy atom. The van der Waals surface area contributed by atoms with Crippen LogP contribution < -0.4 is 4.74 Å². The first-order valence-corrected chi connectivity index (χ1v) is 9.72. The quantitative estimate of drug-likeness (QED) is 0.688. The number of nitrogens with zero attached hydrogens (tertiary/aromatic N) is 3. The lowest BCUT2D eigenvalue weighted by Gasteiger charge is -2.15. The average Bonchev–Trinajstić information content (AvgIpc) is 2.62. The van der Waals surface area contributed by atoms with Gasteiger partial charge in [0.25, 0.3) is 0 Å². The average molecular weight is 371 g/mol. The Balaban J connectivity index is 2.24. The fourth-order valence-corrected chi connectivity index (χ4v) is 3.90. The third-order valence-corrected chi connectivity index (χ3v) is 6.11. The van der Waals surface area contributed by atoms with E-state index in [1.54, 1.807) is 19.1 Å². The molecule has 2 aromatic carbocycles. The summed E-state index contributed by atoms with van der Waals surface area (Å²) in [5, 5.41) is 10.2. The van der Waals surface area contributed by atoms with Crippen molar-refractivity contribution in [3.63, 3.8) is 0 Å². The van der Waals surface area contributed by atoms with E-state index >= 15 is 0 Å². The van der Waals surface area contributed by atoms with Gasteiger partial charge in [-0.1, -0.05) is 30.3 Å². The van der Waals surface area contributed by atoms with Crippen LogP contribution in [-0.4, -0.2) is 43.6 Å². The van der Waals surface area contributed by atoms with E-state index < -0.39 is 10.0 Å². The Hall–Kier alpha value is -2.51. The van der Waals surface area contributed by atoms with Crippen LogP contribution in [0.15, 0.2) is 47.4 Å². The lowest BCUT2D eigenvalue weighted by atomic mass is 10.0. The summed E-state index contributed by atoms with van der Waals surface area (Å²) in [7, 11) is -0.505. The van der Waals surface area contributed by atoms with Crippen molar-refractivity contribution in [1.29, 1.82) is 0 Å². The van der Waals surface area contributed by atoms with E-state index in [-0.39, 0.29) is 4.90 Å². The summed E-state index contributed by atoms with van der Waals surface area (Å²) in [5.41, 5.74) is 2.01. The molecule has 1 aromatic heterocycles. The van der Waals surface area contributed by atoms with E-state index in [1.165, 1.54) is 18.4 Å². The Bertz CT molecular complexity index is 1060. The van der Waals surface area contributed by atoms with Crippen LogP contribution >= 0.6 is 0 Å². The Morgan fingerprint density at radius 3 is 2.38 bits per heavy atom. The lowest BCUT2D eigenvalue weighted by Crippen LogP contribution is -2.23. The molecule has 0 radical (unpaired) electrons. The lowest BCUT2D eigenvalue weighted by molar-refractivity contribution is 0.327. The van der Waals surface area contributed by atoms with Gasteiger partial charge in [-0.25, -0.2) is 12.7 Å². The zero-order valence-electron chi connectivity index (χ0n) is 15.2. The molecule has 0 saturated heterocycles. The van der Waals surface area contributed by atoms with Crippen LogP contribution in [0.5, 0.6) is 5.88 Å². The van der Waals surface area contributed by atoms with Crippen LogP contribution in [0.2, 0.25) is 0 Å². The molecule has 0 saturated carbocycles. The zero-order chi connectivity index (χ0) is 18.9. The van der Waals surface area contributed by atoms with Gasteiger partial charge in [-0.15, -0.1) is 10.2 Å². The molecule has 0 atom stereocenters. The maximum atomic E-state index is 12.6. The van der Waals surface area contributed by atoms with Gasteiger partial charge in [0.2, 0.25) is 15.9 Å². The SMILES string of the molecule is CCOc1nnc(-c2ccc(C)c(S(=O)(=O)N(C)C)c2)c2ccccc12. The monoisotopic (exact) mass is 371 g/mol. The molecule has 0 bridgehead atoms. The third-order valence-electron chi connectivity index (χ3n) is 4.15. The minimum absolute atomic E-state index is 0.264. The van der Waals surface area contributed by atoms with E-state index in [2.05, 4.69) is 10.2 Å². The second-order valence-corrected chi connectivity index (χ2v) is 8.22. The summed E-state index contributed by atoms with van der Waals surface area (Å²) in [4.78, 5) is 0.264. The van der Waals surface area contributed by atoms with Crippen molar-refractivity contribution in [2.45, 2.75) is 18.7 Å². The van der Waals surface area contributed by atoms with E-state index in [0.717, 1.165) is 10.8 Å². The van der Waals surface area contributed by atoms with Gasteiger partial charge in [0, 0.05) is 30.4 Å². The summed E-state index contributed by atoms with van der Waals surface area (Å²) in [6.07, 6.45) is 0. The Kier molecular flexibility index (Phi) is 4.93. The van der Waals surface area contributed by atoms with Crippen LogP contribution in [0, 0.1) is 6.92 Å². The van der Waals surface area contributed by atoms with Crippen molar-refractivity contribution in [2.24, 2.45) is 0 Å². The molecule has 0 fully saturated rings. The van der Waals surface area contributed by atoms with Gasteiger partial charge in [-0.3, -0.25) is 0 Å². The standard InChI is InChI=1S/C19H21N3O3S/c1-5-25-19-16-9-7-6-8-15(16)18(20-21-19)14-11-10-13(2)17(12-14)26(23,24)22(3)4/h6-12H,5H2,1-4H3. The van der Waals surface area contributed by atoms with Crippen molar-refractivity contribution in [3.05, 3.63) is 48.0 Å². The Labute approximate surface area is 153 Å². The van der Waals surface area contributed by atoms with Crippen LogP contribution in [0.3, 0.4) is 0 Å². The van der Waals surface area contributed by atoms with Gasteiger partial charge in [0.1, 0.15) is 5.69 Å². The second kappa shape index (κ2) is 7.01. The second-order valence-electron chi connectivity index (χ2n) is 6.10. The number of hydrogen-bond acceptors (Lipinski definition) is 5. The van der Waals surface area contributed by atoms with Crippen molar-refractivity contribution >= 4 is 20.8 Å². The van der Waals surface area contributed by atoms with E-state index in [4.69, 9.17) is 4.74 Å². The molecular formula is C19H21N3O3S. The van der Waals surface area contributed by atoms with Gasteiger partial charge < -0.3 is 4.74 Å². The zero-order valence-corrected chi connectivity index (χ0v) is 16.0. The number of aryl methyl sites for hydroxylation is 1. The summed E-state index contributed by atoms with van der Waals surface area (Å²) in [5.74, 6) is 0.472. The molecule has 7 heteroatoms. The summed E-state index contributed by atoms with van der Waals surface area (Å²) >= 11 is 0. The van der Waals surface area contributed by atoms with Crippen LogP contribution in [-0.2, 0) is 10.0 Å². The Morgan fingerprint density at radius 2 is 1.73 bits per heavy atom. The minimum atomic E-state index is -3.55. The molecule has 0 amide bonds. The number of sulfonamides is 1. The van der Waals surface area contributed by atoms with Crippen molar-refractivity contribution in [1.82, 2.24) is 14.5 Å². The van der Waals surface area contributed by atoms with E-state index in [9.17, 15) is 8.42 Å². The number of ether oxygens (including phenoxy) is 1. The molecule has 0 N–H and O–H groups in total. The predicted octanol–water partition coefficient (Wildman–Crippen LogP) is 3.25. The van der Waals surface area contributed by atoms with Crippen LogP contribution in [0.25, 0.3) is 22.0 Å². The predicted molar refractivity (Wildman–Crippen MR) is 102 cm³/mol. The molecule has 0 spiro atoms. The van der Waals surface area contributed by atoms with Crippen molar-refractivity contribution < 1.29 is 13.2 Å². The normalized spacial score (nSPS) is 11.9. The first-order chi connectivity index (χ1) is 12.4. The molecule has 0 unspecified atom stereocenters. The third kappa shape index (κ3) is 3.15. The van der Waals surface area contributed by atoms with Gasteiger partial charge >= 0.3 is 0 Å². The highest BCUT2D eigenvalue weighted by molar-refractivity contribution is 7.89. The molecule has 136 valence electrons. The topological polar surface area (TPSA) is 72.4 Å². The van der Waals surface area contributed by atoms with Gasteiger partial charge in [0.15, 0.2) is 0 Å². The molecular weight excluding hydrogens is 350 g/mol. The highest BCUT2D eigenvalue weighted by Gasteiger charge is 2.21. The molecule has 3 aromatic rings. The van der Waals surface area contributed by atoms with Gasteiger partial charge in [0.05, 0.1) is 11.5 Å². The fourth-order valence-electron chi connectivity index (χ4n) is 2.76. The molecule has 0 aliphatic carbocycles. The molecule has 6 nitrogen and oxygen atoms in total. The van der Waals surface area contributed by atoms with Crippen molar-refractivity contribution in [2.75, 3.05) is 20.7 Å². The maximum absolute atomic E-state index is 12.6. The molecule has 26 heavy (non-hydrogen) atoms. The molecule has 1 heterocycles. The number of benzene rings is 2. The fraction of sp³-hybridized carbons (Fsp3) is 0.263. The highest BCUT2D eigenvalue weighted by Crippen LogP contribution is 2.32. The first kappa shape index (κ1) is 18.3. The smallest absolute Gasteiger partial charge is 0.242 e. The molecule has 0 aliphatic rings. The molecule has 3 rings (SSSR count). The minimum Gasteiger partial charge on any atom is -0.476 e. The number of hydrogen-bond donors (Lipinski definition) is 0. The van der Waals surface area contributed by atoms with Crippen LogP contribution in [0.1, 0.15) is 12.5 Å². The number of aromatic nitrogens is 2. The summed E-state index contributed by atoms with van der Waals surface area (Å²) in [6.45, 7) is 4.17. The number of fused-ring (bicyclic) bond motifs is 1.